The molecular weight excluding hydrogens is 316 g/mol. The summed E-state index contributed by atoms with van der Waals surface area (Å²) in [6, 6.07) is 15.0. The normalized spacial score (nSPS) is 13.6. The molecule has 0 saturated heterocycles. The quantitative estimate of drug-likeness (QED) is 0.673. The SMILES string of the molecule is COc1ccc2c(ccn2CCCN2C(=O)c3ccccc3C2=O)c1. The van der Waals surface area contributed by atoms with Crippen LogP contribution in [0.1, 0.15) is 27.1 Å². The van der Waals surface area contributed by atoms with Gasteiger partial charge in [-0.1, -0.05) is 12.1 Å². The van der Waals surface area contributed by atoms with E-state index in [9.17, 15) is 9.59 Å². The highest BCUT2D eigenvalue weighted by molar-refractivity contribution is 6.21. The molecule has 0 N–H and O–H groups in total. The Hall–Kier alpha value is -3.08. The Bertz CT molecular complexity index is 939. The lowest BCUT2D eigenvalue weighted by Gasteiger charge is -2.14. The van der Waals surface area contributed by atoms with Crippen LogP contribution in [0, 0.1) is 0 Å². The van der Waals surface area contributed by atoms with Crippen LogP contribution in [0.4, 0.5) is 0 Å². The molecule has 0 spiro atoms. The van der Waals surface area contributed by atoms with Crippen LogP contribution in [0.15, 0.2) is 54.7 Å². The van der Waals surface area contributed by atoms with Crippen molar-refractivity contribution in [3.63, 3.8) is 0 Å². The first-order chi connectivity index (χ1) is 12.2. The van der Waals surface area contributed by atoms with Crippen LogP contribution in [0.2, 0.25) is 0 Å². The lowest BCUT2D eigenvalue weighted by Crippen LogP contribution is -2.31. The van der Waals surface area contributed by atoms with E-state index in [1.54, 1.807) is 31.4 Å². The van der Waals surface area contributed by atoms with Crippen molar-refractivity contribution in [3.05, 3.63) is 65.9 Å². The third kappa shape index (κ3) is 2.58. The van der Waals surface area contributed by atoms with Crippen molar-refractivity contribution >= 4 is 22.7 Å². The number of hydrogen-bond acceptors (Lipinski definition) is 3. The zero-order chi connectivity index (χ0) is 17.4. The van der Waals surface area contributed by atoms with Gasteiger partial charge in [0.25, 0.3) is 11.8 Å². The predicted molar refractivity (Wildman–Crippen MR) is 94.9 cm³/mol. The Kier molecular flexibility index (Phi) is 3.76. The van der Waals surface area contributed by atoms with Crippen LogP contribution >= 0.6 is 0 Å². The second kappa shape index (κ2) is 6.09. The van der Waals surface area contributed by atoms with Crippen molar-refractivity contribution < 1.29 is 14.3 Å². The lowest BCUT2D eigenvalue weighted by molar-refractivity contribution is 0.0651. The van der Waals surface area contributed by atoms with Gasteiger partial charge in [0.1, 0.15) is 5.75 Å². The summed E-state index contributed by atoms with van der Waals surface area (Å²) < 4.78 is 7.38. The molecule has 3 aromatic rings. The van der Waals surface area contributed by atoms with Crippen LogP contribution in [0.25, 0.3) is 10.9 Å². The van der Waals surface area contributed by atoms with Gasteiger partial charge in [0.15, 0.2) is 0 Å². The molecule has 0 saturated carbocycles. The molecule has 126 valence electrons. The molecule has 2 heterocycles. The predicted octanol–water partition coefficient (Wildman–Crippen LogP) is 3.34. The number of carbonyl (C=O) groups is 2. The number of carbonyl (C=O) groups excluding carboxylic acids is 2. The van der Waals surface area contributed by atoms with Crippen LogP contribution in [0.5, 0.6) is 5.75 Å². The van der Waals surface area contributed by atoms with E-state index in [0.29, 0.717) is 24.1 Å². The van der Waals surface area contributed by atoms with Gasteiger partial charge in [-0.3, -0.25) is 14.5 Å². The Balaban J connectivity index is 1.45. The first-order valence-electron chi connectivity index (χ1n) is 8.27. The van der Waals surface area contributed by atoms with Gasteiger partial charge in [0.05, 0.1) is 18.2 Å². The van der Waals surface area contributed by atoms with E-state index in [1.165, 1.54) is 4.90 Å². The maximum Gasteiger partial charge on any atom is 0.261 e. The third-order valence-corrected chi connectivity index (χ3v) is 4.64. The van der Waals surface area contributed by atoms with Crippen molar-refractivity contribution in [1.29, 1.82) is 0 Å². The van der Waals surface area contributed by atoms with Gasteiger partial charge in [0, 0.05) is 30.2 Å². The standard InChI is InChI=1S/C20H18N2O3/c1-25-15-7-8-18-14(13-15)9-12-21(18)10-4-11-22-19(23)16-5-2-3-6-17(16)20(22)24/h2-3,5-9,12-13H,4,10-11H2,1H3. The summed E-state index contributed by atoms with van der Waals surface area (Å²) in [5.41, 5.74) is 2.13. The Morgan fingerprint density at radius 2 is 1.64 bits per heavy atom. The maximum absolute atomic E-state index is 12.4. The second-order valence-electron chi connectivity index (χ2n) is 6.09. The van der Waals surface area contributed by atoms with Gasteiger partial charge in [-0.05, 0) is 42.8 Å². The molecule has 0 bridgehead atoms. The summed E-state index contributed by atoms with van der Waals surface area (Å²) in [6.07, 6.45) is 2.73. The molecule has 5 nitrogen and oxygen atoms in total. The smallest absolute Gasteiger partial charge is 0.261 e. The molecule has 0 aliphatic carbocycles. The number of hydrogen-bond donors (Lipinski definition) is 0. The summed E-state index contributed by atoms with van der Waals surface area (Å²) in [7, 11) is 1.65. The molecule has 1 aliphatic heterocycles. The highest BCUT2D eigenvalue weighted by atomic mass is 16.5. The van der Waals surface area contributed by atoms with Crippen molar-refractivity contribution in [2.24, 2.45) is 0 Å². The number of ether oxygens (including phenoxy) is 1. The number of fused-ring (bicyclic) bond motifs is 2. The molecule has 5 heteroatoms. The molecule has 0 radical (unpaired) electrons. The molecule has 1 aliphatic rings. The van der Waals surface area contributed by atoms with Gasteiger partial charge in [-0.15, -0.1) is 0 Å². The molecule has 0 fully saturated rings. The number of imide groups is 1. The molecule has 2 amide bonds. The average molecular weight is 334 g/mol. The maximum atomic E-state index is 12.4. The Morgan fingerprint density at radius 3 is 2.32 bits per heavy atom. The zero-order valence-electron chi connectivity index (χ0n) is 13.9. The van der Waals surface area contributed by atoms with Crippen molar-refractivity contribution in [3.8, 4) is 5.75 Å². The lowest BCUT2D eigenvalue weighted by atomic mass is 10.1. The van der Waals surface area contributed by atoms with E-state index in [-0.39, 0.29) is 11.8 Å². The van der Waals surface area contributed by atoms with E-state index in [1.807, 2.05) is 30.5 Å². The molecule has 1 aromatic heterocycles. The van der Waals surface area contributed by atoms with Crippen molar-refractivity contribution in [2.45, 2.75) is 13.0 Å². The summed E-state index contributed by atoms with van der Waals surface area (Å²) in [4.78, 5) is 26.1. The van der Waals surface area contributed by atoms with E-state index < -0.39 is 0 Å². The summed E-state index contributed by atoms with van der Waals surface area (Å²) in [5.74, 6) is 0.446. The molecule has 0 atom stereocenters. The molecule has 25 heavy (non-hydrogen) atoms. The van der Waals surface area contributed by atoms with Gasteiger partial charge < -0.3 is 9.30 Å². The van der Waals surface area contributed by atoms with Crippen LogP contribution < -0.4 is 4.74 Å². The topological polar surface area (TPSA) is 51.5 Å². The summed E-state index contributed by atoms with van der Waals surface area (Å²) in [5, 5.41) is 1.11. The van der Waals surface area contributed by atoms with Crippen LogP contribution in [-0.2, 0) is 6.54 Å². The van der Waals surface area contributed by atoms with Crippen LogP contribution in [-0.4, -0.2) is 34.9 Å². The number of rotatable bonds is 5. The van der Waals surface area contributed by atoms with E-state index >= 15 is 0 Å². The van der Waals surface area contributed by atoms with Gasteiger partial charge in [-0.2, -0.15) is 0 Å². The fraction of sp³-hybridized carbons (Fsp3) is 0.200. The van der Waals surface area contributed by atoms with E-state index in [2.05, 4.69) is 4.57 Å². The van der Waals surface area contributed by atoms with E-state index in [4.69, 9.17) is 4.74 Å². The number of aryl methyl sites for hydroxylation is 1. The van der Waals surface area contributed by atoms with E-state index in [0.717, 1.165) is 23.2 Å². The second-order valence-corrected chi connectivity index (χ2v) is 6.09. The number of methoxy groups -OCH3 is 1. The first kappa shape index (κ1) is 15.4. The number of nitrogens with zero attached hydrogens (tertiary/aromatic N) is 2. The number of amides is 2. The van der Waals surface area contributed by atoms with Crippen molar-refractivity contribution in [1.82, 2.24) is 9.47 Å². The fourth-order valence-corrected chi connectivity index (χ4v) is 3.34. The summed E-state index contributed by atoms with van der Waals surface area (Å²) >= 11 is 0. The highest BCUT2D eigenvalue weighted by Gasteiger charge is 2.34. The van der Waals surface area contributed by atoms with Gasteiger partial charge in [-0.25, -0.2) is 0 Å². The minimum absolute atomic E-state index is 0.192. The molecule has 0 unspecified atom stereocenters. The van der Waals surface area contributed by atoms with Gasteiger partial charge >= 0.3 is 0 Å². The van der Waals surface area contributed by atoms with Crippen LogP contribution in [0.3, 0.4) is 0 Å². The Labute approximate surface area is 145 Å². The van der Waals surface area contributed by atoms with Crippen molar-refractivity contribution in [2.75, 3.05) is 13.7 Å². The minimum atomic E-state index is -0.192. The highest BCUT2D eigenvalue weighted by Crippen LogP contribution is 2.24. The third-order valence-electron chi connectivity index (χ3n) is 4.64. The monoisotopic (exact) mass is 334 g/mol. The average Bonchev–Trinajstić information content (AvgIpc) is 3.16. The molecular formula is C20H18N2O3. The molecule has 4 rings (SSSR count). The number of benzene rings is 2. The Morgan fingerprint density at radius 1 is 0.920 bits per heavy atom. The zero-order valence-corrected chi connectivity index (χ0v) is 13.9. The first-order valence-corrected chi connectivity index (χ1v) is 8.27. The summed E-state index contributed by atoms with van der Waals surface area (Å²) in [6.45, 7) is 1.16. The molecule has 2 aromatic carbocycles. The largest absolute Gasteiger partial charge is 0.497 e. The minimum Gasteiger partial charge on any atom is -0.497 e. The van der Waals surface area contributed by atoms with Gasteiger partial charge in [0.2, 0.25) is 0 Å². The number of aromatic nitrogens is 1. The fourth-order valence-electron chi connectivity index (χ4n) is 3.34.